The maximum absolute atomic E-state index is 13.2. The van der Waals surface area contributed by atoms with Crippen molar-refractivity contribution in [2.75, 3.05) is 0 Å². The number of Topliss-reactive ketones (excluding diaryl/α,β-unsaturated/α-hetero) is 1. The lowest BCUT2D eigenvalue weighted by Gasteiger charge is -2.21. The van der Waals surface area contributed by atoms with Gasteiger partial charge >= 0.3 is 5.97 Å². The van der Waals surface area contributed by atoms with E-state index in [0.29, 0.717) is 22.1 Å². The molecule has 140 valence electrons. The number of phenolic OH excluding ortho intramolecular Hbond substituents is 1. The Hall–Kier alpha value is -3.92. The molecule has 0 spiro atoms. The number of ether oxygens (including phenoxy) is 1. The smallest absolute Gasteiger partial charge is 0.347 e. The van der Waals surface area contributed by atoms with Crippen LogP contribution in [0.5, 0.6) is 11.5 Å². The fourth-order valence-corrected chi connectivity index (χ4v) is 3.92. The highest BCUT2D eigenvalue weighted by Crippen LogP contribution is 2.39. The minimum atomic E-state index is -0.705. The van der Waals surface area contributed by atoms with E-state index >= 15 is 0 Å². The minimum Gasteiger partial charge on any atom is -0.507 e. The summed E-state index contributed by atoms with van der Waals surface area (Å²) in [5, 5.41) is 13.9. The molecule has 4 heteroatoms. The zero-order chi connectivity index (χ0) is 20.1. The van der Waals surface area contributed by atoms with Gasteiger partial charge in [-0.2, -0.15) is 0 Å². The number of hydrogen-bond donors (Lipinski definition) is 1. The van der Waals surface area contributed by atoms with Crippen LogP contribution in [0.4, 0.5) is 0 Å². The quantitative estimate of drug-likeness (QED) is 0.211. The van der Waals surface area contributed by atoms with Crippen LogP contribution in [0.3, 0.4) is 0 Å². The van der Waals surface area contributed by atoms with Crippen LogP contribution in [-0.2, 0) is 4.79 Å². The van der Waals surface area contributed by atoms with E-state index in [4.69, 9.17) is 4.74 Å². The van der Waals surface area contributed by atoms with Gasteiger partial charge in [-0.1, -0.05) is 66.7 Å². The van der Waals surface area contributed by atoms with Crippen molar-refractivity contribution in [1.82, 2.24) is 0 Å². The second-order valence-corrected chi connectivity index (χ2v) is 7.06. The van der Waals surface area contributed by atoms with E-state index in [1.165, 1.54) is 0 Å². The van der Waals surface area contributed by atoms with E-state index in [2.05, 4.69) is 0 Å². The van der Waals surface area contributed by atoms with Gasteiger partial charge in [-0.05, 0) is 29.3 Å². The molecule has 0 radical (unpaired) electrons. The molecule has 1 N–H and O–H groups in total. The van der Waals surface area contributed by atoms with Crippen molar-refractivity contribution in [3.63, 3.8) is 0 Å². The molecule has 0 unspecified atom stereocenters. The van der Waals surface area contributed by atoms with E-state index in [1.54, 1.807) is 25.1 Å². The fraction of sp³-hybridized carbons (Fsp3) is 0.0400. The van der Waals surface area contributed by atoms with E-state index in [9.17, 15) is 14.7 Å². The highest BCUT2D eigenvalue weighted by atomic mass is 16.5. The van der Waals surface area contributed by atoms with Gasteiger partial charge in [0.15, 0.2) is 0 Å². The second kappa shape index (κ2) is 6.31. The van der Waals surface area contributed by atoms with Crippen LogP contribution in [0, 0.1) is 0 Å². The van der Waals surface area contributed by atoms with Crippen LogP contribution >= 0.6 is 0 Å². The lowest BCUT2D eigenvalue weighted by Crippen LogP contribution is -2.26. The molecular weight excluding hydrogens is 364 g/mol. The van der Waals surface area contributed by atoms with Crippen molar-refractivity contribution in [3.8, 4) is 11.5 Å². The van der Waals surface area contributed by atoms with Gasteiger partial charge in [-0.3, -0.25) is 4.79 Å². The van der Waals surface area contributed by atoms with Crippen molar-refractivity contribution in [3.05, 3.63) is 89.5 Å². The number of rotatable bonds is 1. The van der Waals surface area contributed by atoms with Gasteiger partial charge in [0.05, 0.1) is 5.56 Å². The number of carbonyl (C=O) groups is 2. The molecule has 4 aromatic rings. The van der Waals surface area contributed by atoms with Crippen molar-refractivity contribution in [1.29, 1.82) is 0 Å². The third kappa shape index (κ3) is 2.53. The SMILES string of the molecule is C/C(=C1\C(=O)Oc2c(ccc3ccccc23)C1=O)c1ccc2ccccc2c1O. The van der Waals surface area contributed by atoms with Crippen LogP contribution < -0.4 is 4.74 Å². The fourth-order valence-electron chi connectivity index (χ4n) is 3.92. The summed E-state index contributed by atoms with van der Waals surface area (Å²) in [6, 6.07) is 22.0. The molecule has 4 aromatic carbocycles. The van der Waals surface area contributed by atoms with Crippen LogP contribution in [0.25, 0.3) is 27.1 Å². The Bertz CT molecular complexity index is 1380. The first-order chi connectivity index (χ1) is 14.1. The van der Waals surface area contributed by atoms with Crippen LogP contribution in [0.15, 0.2) is 78.4 Å². The number of benzene rings is 4. The number of allylic oxidation sites excluding steroid dienone is 1. The Labute approximate surface area is 166 Å². The van der Waals surface area contributed by atoms with E-state index < -0.39 is 11.8 Å². The number of carbonyl (C=O) groups excluding carboxylic acids is 2. The zero-order valence-corrected chi connectivity index (χ0v) is 15.6. The van der Waals surface area contributed by atoms with E-state index in [1.807, 2.05) is 54.6 Å². The first-order valence-electron chi connectivity index (χ1n) is 9.27. The van der Waals surface area contributed by atoms with Crippen molar-refractivity contribution < 1.29 is 19.4 Å². The predicted octanol–water partition coefficient (Wildman–Crippen LogP) is 5.27. The summed E-state index contributed by atoms with van der Waals surface area (Å²) in [5.41, 5.74) is 1.12. The largest absolute Gasteiger partial charge is 0.507 e. The second-order valence-electron chi connectivity index (χ2n) is 7.06. The molecule has 0 amide bonds. The van der Waals surface area contributed by atoms with Crippen LogP contribution in [-0.4, -0.2) is 16.9 Å². The lowest BCUT2D eigenvalue weighted by molar-refractivity contribution is -0.129. The molecule has 0 fully saturated rings. The minimum absolute atomic E-state index is 0.0398. The van der Waals surface area contributed by atoms with Crippen molar-refractivity contribution in [2.24, 2.45) is 0 Å². The maximum Gasteiger partial charge on any atom is 0.347 e. The highest BCUT2D eigenvalue weighted by molar-refractivity contribution is 6.33. The van der Waals surface area contributed by atoms with Gasteiger partial charge in [-0.25, -0.2) is 4.79 Å². The molecule has 0 saturated carbocycles. The summed E-state index contributed by atoms with van der Waals surface area (Å²) < 4.78 is 5.60. The Morgan fingerprint density at radius 3 is 2.17 bits per heavy atom. The highest BCUT2D eigenvalue weighted by Gasteiger charge is 2.34. The maximum atomic E-state index is 13.2. The number of hydrogen-bond acceptors (Lipinski definition) is 4. The third-order valence-corrected chi connectivity index (χ3v) is 5.43. The molecule has 0 atom stereocenters. The predicted molar refractivity (Wildman–Crippen MR) is 112 cm³/mol. The lowest BCUT2D eigenvalue weighted by atomic mass is 9.90. The van der Waals surface area contributed by atoms with E-state index in [-0.39, 0.29) is 17.1 Å². The number of ketones is 1. The first-order valence-corrected chi connectivity index (χ1v) is 9.27. The molecule has 1 heterocycles. The monoisotopic (exact) mass is 380 g/mol. The van der Waals surface area contributed by atoms with Gasteiger partial charge in [0, 0.05) is 16.3 Å². The summed E-state index contributed by atoms with van der Waals surface area (Å²) in [4.78, 5) is 26.0. The number of fused-ring (bicyclic) bond motifs is 4. The van der Waals surface area contributed by atoms with Crippen LogP contribution in [0.2, 0.25) is 0 Å². The van der Waals surface area contributed by atoms with Gasteiger partial charge in [0.1, 0.15) is 17.1 Å². The average Bonchev–Trinajstić information content (AvgIpc) is 2.74. The van der Waals surface area contributed by atoms with Gasteiger partial charge < -0.3 is 9.84 Å². The van der Waals surface area contributed by atoms with Gasteiger partial charge in [0.25, 0.3) is 0 Å². The van der Waals surface area contributed by atoms with Crippen molar-refractivity contribution in [2.45, 2.75) is 6.92 Å². The summed E-state index contributed by atoms with van der Waals surface area (Å²) in [5.74, 6) is -0.772. The molecule has 1 aliphatic rings. The topological polar surface area (TPSA) is 63.6 Å². The normalized spacial score (nSPS) is 15.3. The zero-order valence-electron chi connectivity index (χ0n) is 15.6. The summed E-state index contributed by atoms with van der Waals surface area (Å²) in [6.45, 7) is 1.66. The molecule has 0 aromatic heterocycles. The molecule has 5 rings (SSSR count). The molecular formula is C25H16O4. The van der Waals surface area contributed by atoms with Crippen molar-refractivity contribution >= 4 is 38.9 Å². The third-order valence-electron chi connectivity index (χ3n) is 5.43. The van der Waals surface area contributed by atoms with E-state index in [0.717, 1.165) is 16.2 Å². The number of aromatic hydroxyl groups is 1. The number of phenols is 1. The average molecular weight is 380 g/mol. The molecule has 4 nitrogen and oxygen atoms in total. The summed E-state index contributed by atoms with van der Waals surface area (Å²) in [7, 11) is 0. The summed E-state index contributed by atoms with van der Waals surface area (Å²) in [6.07, 6.45) is 0. The Balaban J connectivity index is 1.72. The molecule has 1 aliphatic heterocycles. The first kappa shape index (κ1) is 17.2. The molecule has 0 saturated heterocycles. The standard InChI is InChI=1S/C25H16O4/c1-14(17-12-10-15-6-2-4-8-18(15)22(17)26)21-23(27)20-13-11-16-7-3-5-9-19(16)24(20)29-25(21)28/h2-13,26H,1H3/b21-14+. The van der Waals surface area contributed by atoms with Gasteiger partial charge in [-0.15, -0.1) is 0 Å². The Kier molecular flexibility index (Phi) is 3.74. The molecule has 0 aliphatic carbocycles. The van der Waals surface area contributed by atoms with Crippen LogP contribution in [0.1, 0.15) is 22.8 Å². The molecule has 29 heavy (non-hydrogen) atoms. The number of esters is 1. The summed E-state index contributed by atoms with van der Waals surface area (Å²) >= 11 is 0. The Morgan fingerprint density at radius 2 is 1.41 bits per heavy atom. The van der Waals surface area contributed by atoms with Gasteiger partial charge in [0.2, 0.25) is 5.78 Å². The molecule has 0 bridgehead atoms. The Morgan fingerprint density at radius 1 is 0.793 bits per heavy atom.